The van der Waals surface area contributed by atoms with E-state index >= 15 is 0 Å². The Labute approximate surface area is 119 Å². The van der Waals surface area contributed by atoms with Crippen LogP contribution >= 0.6 is 11.6 Å². The molecule has 1 atom stereocenters. The summed E-state index contributed by atoms with van der Waals surface area (Å²) in [5.41, 5.74) is 6.36. The second kappa shape index (κ2) is 6.26. The summed E-state index contributed by atoms with van der Waals surface area (Å²) in [5.74, 6) is 0.451. The standard InChI is InChI=1S/C14H21ClN2O2/c1-14(2,3)12(16)13(18)17-8-9-10(15)6-5-7-11(9)19-4/h5-7,12H,8,16H2,1-4H3,(H,17,18). The van der Waals surface area contributed by atoms with E-state index in [-0.39, 0.29) is 11.3 Å². The number of nitrogens with two attached hydrogens (primary N) is 1. The predicted molar refractivity (Wildman–Crippen MR) is 77.3 cm³/mol. The first-order valence-electron chi connectivity index (χ1n) is 6.12. The van der Waals surface area contributed by atoms with Crippen molar-refractivity contribution in [1.29, 1.82) is 0 Å². The fourth-order valence-electron chi connectivity index (χ4n) is 1.58. The molecule has 3 N–H and O–H groups in total. The molecule has 0 heterocycles. The van der Waals surface area contributed by atoms with Crippen molar-refractivity contribution in [2.75, 3.05) is 7.11 Å². The van der Waals surface area contributed by atoms with Gasteiger partial charge in [-0.3, -0.25) is 4.79 Å². The van der Waals surface area contributed by atoms with Gasteiger partial charge in [0.25, 0.3) is 0 Å². The molecule has 0 radical (unpaired) electrons. The maximum absolute atomic E-state index is 12.0. The van der Waals surface area contributed by atoms with Crippen molar-refractivity contribution in [3.05, 3.63) is 28.8 Å². The van der Waals surface area contributed by atoms with Crippen LogP contribution in [0.15, 0.2) is 18.2 Å². The Morgan fingerprint density at radius 3 is 2.63 bits per heavy atom. The molecule has 1 rings (SSSR count). The summed E-state index contributed by atoms with van der Waals surface area (Å²) in [5, 5.41) is 3.35. The number of ether oxygens (including phenoxy) is 1. The lowest BCUT2D eigenvalue weighted by molar-refractivity contribution is -0.124. The average Bonchev–Trinajstić information content (AvgIpc) is 2.34. The van der Waals surface area contributed by atoms with Crippen LogP contribution in [0.1, 0.15) is 26.3 Å². The molecule has 1 amide bonds. The maximum Gasteiger partial charge on any atom is 0.237 e. The molecule has 106 valence electrons. The number of carbonyl (C=O) groups is 1. The summed E-state index contributed by atoms with van der Waals surface area (Å²) in [6, 6.07) is 4.79. The molecule has 0 aliphatic carbocycles. The van der Waals surface area contributed by atoms with Crippen molar-refractivity contribution < 1.29 is 9.53 Å². The Morgan fingerprint density at radius 2 is 2.11 bits per heavy atom. The fourth-order valence-corrected chi connectivity index (χ4v) is 1.81. The molecule has 19 heavy (non-hydrogen) atoms. The maximum atomic E-state index is 12.0. The van der Waals surface area contributed by atoms with Crippen LogP contribution in [0.2, 0.25) is 5.02 Å². The minimum absolute atomic E-state index is 0.200. The molecule has 4 nitrogen and oxygen atoms in total. The van der Waals surface area contributed by atoms with Gasteiger partial charge in [-0.25, -0.2) is 0 Å². The largest absolute Gasteiger partial charge is 0.496 e. The van der Waals surface area contributed by atoms with E-state index in [0.29, 0.717) is 17.3 Å². The topological polar surface area (TPSA) is 64.3 Å². The molecule has 0 saturated carbocycles. The average molecular weight is 285 g/mol. The van der Waals surface area contributed by atoms with Crippen LogP contribution < -0.4 is 15.8 Å². The van der Waals surface area contributed by atoms with E-state index in [0.717, 1.165) is 5.56 Å². The zero-order valence-corrected chi connectivity index (χ0v) is 12.5. The van der Waals surface area contributed by atoms with Crippen LogP contribution in [0.3, 0.4) is 0 Å². The van der Waals surface area contributed by atoms with Crippen LogP contribution in [0.25, 0.3) is 0 Å². The third-order valence-corrected chi connectivity index (χ3v) is 3.30. The number of nitrogens with one attached hydrogen (secondary N) is 1. The molecular formula is C14H21ClN2O2. The smallest absolute Gasteiger partial charge is 0.237 e. The van der Waals surface area contributed by atoms with Crippen molar-refractivity contribution in [2.24, 2.45) is 11.1 Å². The Hall–Kier alpha value is -1.26. The highest BCUT2D eigenvalue weighted by Crippen LogP contribution is 2.26. The van der Waals surface area contributed by atoms with Gasteiger partial charge in [0, 0.05) is 17.1 Å². The van der Waals surface area contributed by atoms with Gasteiger partial charge in [-0.2, -0.15) is 0 Å². The SMILES string of the molecule is COc1cccc(Cl)c1CNC(=O)C(N)C(C)(C)C. The van der Waals surface area contributed by atoms with Gasteiger partial charge in [0.2, 0.25) is 5.91 Å². The third-order valence-electron chi connectivity index (χ3n) is 2.95. The second-order valence-electron chi connectivity index (χ2n) is 5.48. The van der Waals surface area contributed by atoms with E-state index < -0.39 is 6.04 Å². The van der Waals surface area contributed by atoms with Crippen molar-refractivity contribution >= 4 is 17.5 Å². The number of carbonyl (C=O) groups excluding carboxylic acids is 1. The third kappa shape index (κ3) is 4.11. The first-order chi connectivity index (χ1) is 8.77. The highest BCUT2D eigenvalue weighted by molar-refractivity contribution is 6.31. The molecule has 0 fully saturated rings. The zero-order chi connectivity index (χ0) is 14.6. The van der Waals surface area contributed by atoms with Gasteiger partial charge < -0.3 is 15.8 Å². The minimum atomic E-state index is -0.569. The quantitative estimate of drug-likeness (QED) is 0.892. The first kappa shape index (κ1) is 15.8. The summed E-state index contributed by atoms with van der Waals surface area (Å²) in [7, 11) is 1.57. The monoisotopic (exact) mass is 284 g/mol. The van der Waals surface area contributed by atoms with Crippen molar-refractivity contribution in [1.82, 2.24) is 5.32 Å². The molecular weight excluding hydrogens is 264 g/mol. The van der Waals surface area contributed by atoms with Crippen LogP contribution in [-0.2, 0) is 11.3 Å². The van der Waals surface area contributed by atoms with E-state index in [1.165, 1.54) is 0 Å². The molecule has 0 saturated heterocycles. The number of halogens is 1. The Balaban J connectivity index is 2.75. The predicted octanol–water partition coefficient (Wildman–Crippen LogP) is 2.34. The number of rotatable bonds is 4. The molecule has 5 heteroatoms. The lowest BCUT2D eigenvalue weighted by Crippen LogP contribution is -2.48. The van der Waals surface area contributed by atoms with Gasteiger partial charge in [-0.15, -0.1) is 0 Å². The zero-order valence-electron chi connectivity index (χ0n) is 11.8. The summed E-state index contributed by atoms with van der Waals surface area (Å²) in [6.07, 6.45) is 0. The van der Waals surface area contributed by atoms with E-state index in [4.69, 9.17) is 22.1 Å². The van der Waals surface area contributed by atoms with Crippen LogP contribution in [0.5, 0.6) is 5.75 Å². The molecule has 0 aliphatic heterocycles. The fraction of sp³-hybridized carbons (Fsp3) is 0.500. The number of amides is 1. The first-order valence-corrected chi connectivity index (χ1v) is 6.50. The Morgan fingerprint density at radius 1 is 1.47 bits per heavy atom. The Kier molecular flexibility index (Phi) is 5.20. The lowest BCUT2D eigenvalue weighted by atomic mass is 9.87. The molecule has 1 aromatic carbocycles. The van der Waals surface area contributed by atoms with Gasteiger partial charge in [-0.1, -0.05) is 38.4 Å². The van der Waals surface area contributed by atoms with Gasteiger partial charge in [0.1, 0.15) is 5.75 Å². The second-order valence-corrected chi connectivity index (χ2v) is 5.89. The molecule has 0 aromatic heterocycles. The van der Waals surface area contributed by atoms with Gasteiger partial charge in [0.15, 0.2) is 0 Å². The van der Waals surface area contributed by atoms with Crippen molar-refractivity contribution in [3.63, 3.8) is 0 Å². The molecule has 1 aromatic rings. The van der Waals surface area contributed by atoms with Gasteiger partial charge in [-0.05, 0) is 17.5 Å². The van der Waals surface area contributed by atoms with E-state index in [1.54, 1.807) is 25.3 Å². The number of hydrogen-bond acceptors (Lipinski definition) is 3. The number of methoxy groups -OCH3 is 1. The van der Waals surface area contributed by atoms with Crippen molar-refractivity contribution in [2.45, 2.75) is 33.4 Å². The highest BCUT2D eigenvalue weighted by atomic mass is 35.5. The molecule has 1 unspecified atom stereocenters. The van der Waals surface area contributed by atoms with E-state index in [1.807, 2.05) is 20.8 Å². The van der Waals surface area contributed by atoms with Crippen LogP contribution in [0, 0.1) is 5.41 Å². The van der Waals surface area contributed by atoms with Crippen molar-refractivity contribution in [3.8, 4) is 5.75 Å². The minimum Gasteiger partial charge on any atom is -0.496 e. The summed E-state index contributed by atoms with van der Waals surface area (Å²) >= 11 is 6.10. The normalized spacial score (nSPS) is 12.9. The van der Waals surface area contributed by atoms with Crippen LogP contribution in [-0.4, -0.2) is 19.1 Å². The number of benzene rings is 1. The molecule has 0 aliphatic rings. The van der Waals surface area contributed by atoms with Gasteiger partial charge >= 0.3 is 0 Å². The van der Waals surface area contributed by atoms with Gasteiger partial charge in [0.05, 0.1) is 13.2 Å². The molecule has 0 bridgehead atoms. The van der Waals surface area contributed by atoms with E-state index in [9.17, 15) is 4.79 Å². The summed E-state index contributed by atoms with van der Waals surface area (Å²) < 4.78 is 5.22. The summed E-state index contributed by atoms with van der Waals surface area (Å²) in [6.45, 7) is 6.07. The number of hydrogen-bond donors (Lipinski definition) is 2. The Bertz CT molecular complexity index is 455. The highest BCUT2D eigenvalue weighted by Gasteiger charge is 2.27. The van der Waals surface area contributed by atoms with E-state index in [2.05, 4.69) is 5.32 Å². The molecule has 0 spiro atoms. The van der Waals surface area contributed by atoms with Crippen LogP contribution in [0.4, 0.5) is 0 Å². The summed E-state index contributed by atoms with van der Waals surface area (Å²) in [4.78, 5) is 12.0. The lowest BCUT2D eigenvalue weighted by Gasteiger charge is -2.26.